The van der Waals surface area contributed by atoms with Crippen molar-refractivity contribution in [3.63, 3.8) is 0 Å². The van der Waals surface area contributed by atoms with Crippen LogP contribution in [0.2, 0.25) is 0 Å². The Balaban J connectivity index is 2.09. The molecule has 2 aliphatic carbocycles. The maximum absolute atomic E-state index is 2.41. The molecule has 1 fully saturated rings. The fourth-order valence-electron chi connectivity index (χ4n) is 3.64. The van der Waals surface area contributed by atoms with Crippen LogP contribution in [0.1, 0.15) is 36.0 Å². The second kappa shape index (κ2) is 3.01. The summed E-state index contributed by atoms with van der Waals surface area (Å²) in [7, 11) is 0. The van der Waals surface area contributed by atoms with E-state index in [-0.39, 0.29) is 0 Å². The molecule has 17 heavy (non-hydrogen) atoms. The lowest BCUT2D eigenvalue weighted by Gasteiger charge is -2.40. The second-order valence-corrected chi connectivity index (χ2v) is 5.53. The zero-order valence-electron chi connectivity index (χ0n) is 10.2. The van der Waals surface area contributed by atoms with E-state index >= 15 is 0 Å². The molecule has 0 amide bonds. The van der Waals surface area contributed by atoms with Crippen LogP contribution in [-0.4, -0.2) is 0 Å². The molecular weight excluding hydrogens is 204 g/mol. The standard InChI is InChI=1S/C17H16/c1-12-7-8-14-13-5-2-3-6-15(13)17(9-4-10-17)16(14)11-12/h2-3,5-8,11H,4,9-10H2,1H3. The third-order valence-electron chi connectivity index (χ3n) is 4.63. The van der Waals surface area contributed by atoms with Gasteiger partial charge in [0.15, 0.2) is 0 Å². The van der Waals surface area contributed by atoms with Gasteiger partial charge in [0.2, 0.25) is 0 Å². The van der Waals surface area contributed by atoms with Crippen LogP contribution in [0.25, 0.3) is 11.1 Å². The van der Waals surface area contributed by atoms with Gasteiger partial charge in [0, 0.05) is 5.41 Å². The highest BCUT2D eigenvalue weighted by atomic mass is 14.5. The van der Waals surface area contributed by atoms with Crippen LogP contribution in [0.3, 0.4) is 0 Å². The molecule has 0 nitrogen and oxygen atoms in total. The number of benzene rings is 2. The molecule has 0 aliphatic heterocycles. The third-order valence-corrected chi connectivity index (χ3v) is 4.63. The van der Waals surface area contributed by atoms with Gasteiger partial charge in [-0.05, 0) is 42.0 Å². The molecule has 0 atom stereocenters. The van der Waals surface area contributed by atoms with Gasteiger partial charge < -0.3 is 0 Å². The lowest BCUT2D eigenvalue weighted by Crippen LogP contribution is -2.33. The number of hydrogen-bond donors (Lipinski definition) is 0. The molecule has 0 aromatic heterocycles. The van der Waals surface area contributed by atoms with Crippen molar-refractivity contribution in [3.05, 3.63) is 59.2 Å². The zero-order chi connectivity index (χ0) is 11.5. The lowest BCUT2D eigenvalue weighted by atomic mass is 9.63. The van der Waals surface area contributed by atoms with Crippen molar-refractivity contribution in [3.8, 4) is 11.1 Å². The maximum atomic E-state index is 2.41. The summed E-state index contributed by atoms with van der Waals surface area (Å²) >= 11 is 0. The quantitative estimate of drug-likeness (QED) is 0.615. The molecule has 0 heteroatoms. The number of aryl methyl sites for hydroxylation is 1. The first-order chi connectivity index (χ1) is 8.31. The van der Waals surface area contributed by atoms with Crippen LogP contribution < -0.4 is 0 Å². The predicted molar refractivity (Wildman–Crippen MR) is 71.2 cm³/mol. The van der Waals surface area contributed by atoms with Gasteiger partial charge in [0.25, 0.3) is 0 Å². The first-order valence-electron chi connectivity index (χ1n) is 6.52. The number of hydrogen-bond acceptors (Lipinski definition) is 0. The van der Waals surface area contributed by atoms with E-state index in [1.54, 1.807) is 11.1 Å². The maximum Gasteiger partial charge on any atom is 0.0215 e. The Bertz CT molecular complexity index is 603. The van der Waals surface area contributed by atoms with Crippen LogP contribution in [0.4, 0.5) is 0 Å². The van der Waals surface area contributed by atoms with Crippen molar-refractivity contribution in [1.29, 1.82) is 0 Å². The smallest absolute Gasteiger partial charge is 0.0215 e. The topological polar surface area (TPSA) is 0 Å². The molecule has 0 saturated heterocycles. The van der Waals surface area contributed by atoms with Gasteiger partial charge in [-0.25, -0.2) is 0 Å². The predicted octanol–water partition coefficient (Wildman–Crippen LogP) is 4.45. The molecular formula is C17H16. The van der Waals surface area contributed by atoms with Crippen LogP contribution in [0.15, 0.2) is 42.5 Å². The summed E-state index contributed by atoms with van der Waals surface area (Å²) in [5.41, 5.74) is 7.88. The Kier molecular flexibility index (Phi) is 1.68. The third kappa shape index (κ3) is 1.04. The highest BCUT2D eigenvalue weighted by Crippen LogP contribution is 2.58. The van der Waals surface area contributed by atoms with Gasteiger partial charge in [-0.15, -0.1) is 0 Å². The fourth-order valence-corrected chi connectivity index (χ4v) is 3.64. The van der Waals surface area contributed by atoms with E-state index in [0.29, 0.717) is 5.41 Å². The van der Waals surface area contributed by atoms with Crippen molar-refractivity contribution in [2.45, 2.75) is 31.6 Å². The minimum atomic E-state index is 0.373. The average Bonchev–Trinajstić information content (AvgIpc) is 2.58. The zero-order valence-corrected chi connectivity index (χ0v) is 10.2. The largest absolute Gasteiger partial charge is 0.0619 e. The Morgan fingerprint density at radius 1 is 0.882 bits per heavy atom. The molecule has 0 N–H and O–H groups in total. The first kappa shape index (κ1) is 9.47. The Morgan fingerprint density at radius 3 is 2.41 bits per heavy atom. The van der Waals surface area contributed by atoms with E-state index in [2.05, 4.69) is 49.4 Å². The lowest BCUT2D eigenvalue weighted by molar-refractivity contribution is 0.309. The highest BCUT2D eigenvalue weighted by molar-refractivity contribution is 5.81. The summed E-state index contributed by atoms with van der Waals surface area (Å²) < 4.78 is 0. The van der Waals surface area contributed by atoms with Crippen molar-refractivity contribution in [1.82, 2.24) is 0 Å². The van der Waals surface area contributed by atoms with E-state index in [4.69, 9.17) is 0 Å². The van der Waals surface area contributed by atoms with Crippen LogP contribution in [-0.2, 0) is 5.41 Å². The van der Waals surface area contributed by atoms with Gasteiger partial charge in [0.05, 0.1) is 0 Å². The Morgan fingerprint density at radius 2 is 1.65 bits per heavy atom. The van der Waals surface area contributed by atoms with Crippen molar-refractivity contribution < 1.29 is 0 Å². The molecule has 2 aromatic carbocycles. The van der Waals surface area contributed by atoms with Crippen LogP contribution in [0.5, 0.6) is 0 Å². The van der Waals surface area contributed by atoms with Gasteiger partial charge in [-0.3, -0.25) is 0 Å². The van der Waals surface area contributed by atoms with Gasteiger partial charge in [0.1, 0.15) is 0 Å². The van der Waals surface area contributed by atoms with Gasteiger partial charge >= 0.3 is 0 Å². The summed E-state index contributed by atoms with van der Waals surface area (Å²) in [6.45, 7) is 2.20. The Labute approximate surface area is 102 Å². The molecule has 0 unspecified atom stereocenters. The van der Waals surface area contributed by atoms with E-state index in [1.807, 2.05) is 0 Å². The molecule has 84 valence electrons. The molecule has 2 aliphatic rings. The Hall–Kier alpha value is -1.56. The average molecular weight is 220 g/mol. The van der Waals surface area contributed by atoms with Crippen LogP contribution >= 0.6 is 0 Å². The van der Waals surface area contributed by atoms with E-state index in [9.17, 15) is 0 Å². The molecule has 0 heterocycles. The summed E-state index contributed by atoms with van der Waals surface area (Å²) in [6.07, 6.45) is 4.04. The molecule has 4 rings (SSSR count). The minimum Gasteiger partial charge on any atom is -0.0619 e. The second-order valence-electron chi connectivity index (χ2n) is 5.53. The van der Waals surface area contributed by atoms with Crippen LogP contribution in [0, 0.1) is 6.92 Å². The molecule has 0 bridgehead atoms. The number of fused-ring (bicyclic) bond motifs is 5. The minimum absolute atomic E-state index is 0.373. The van der Waals surface area contributed by atoms with Crippen molar-refractivity contribution >= 4 is 0 Å². The summed E-state index contributed by atoms with van der Waals surface area (Å²) in [4.78, 5) is 0. The van der Waals surface area contributed by atoms with E-state index in [0.717, 1.165) is 0 Å². The van der Waals surface area contributed by atoms with Gasteiger partial charge in [-0.2, -0.15) is 0 Å². The summed E-state index contributed by atoms with van der Waals surface area (Å²) in [6, 6.07) is 16.0. The molecule has 2 aromatic rings. The summed E-state index contributed by atoms with van der Waals surface area (Å²) in [5.74, 6) is 0. The van der Waals surface area contributed by atoms with Crippen molar-refractivity contribution in [2.75, 3.05) is 0 Å². The van der Waals surface area contributed by atoms with E-state index < -0.39 is 0 Å². The van der Waals surface area contributed by atoms with Crippen molar-refractivity contribution in [2.24, 2.45) is 0 Å². The molecule has 1 saturated carbocycles. The first-order valence-corrected chi connectivity index (χ1v) is 6.52. The molecule has 1 spiro atoms. The highest BCUT2D eigenvalue weighted by Gasteiger charge is 2.46. The fraction of sp³-hybridized carbons (Fsp3) is 0.294. The number of rotatable bonds is 0. The van der Waals surface area contributed by atoms with Gasteiger partial charge in [-0.1, -0.05) is 54.4 Å². The monoisotopic (exact) mass is 220 g/mol. The summed E-state index contributed by atoms with van der Waals surface area (Å²) in [5, 5.41) is 0. The normalized spacial score (nSPS) is 18.6. The van der Waals surface area contributed by atoms with E-state index in [1.165, 1.54) is 36.0 Å². The SMILES string of the molecule is Cc1ccc2c(c1)C1(CCC1)c1ccccc1-2. The molecule has 0 radical (unpaired) electrons.